The summed E-state index contributed by atoms with van der Waals surface area (Å²) in [5.74, 6) is 0.123. The standard InChI is InChI=1S/C10H15N3O4S/c1-6-4-8(17-3)9(5-7(6)11)18(15,16)13-10(14)12-2/h4-5H,11H2,1-3H3,(H2,12,13,14). The van der Waals surface area contributed by atoms with Crippen LogP contribution in [0.3, 0.4) is 0 Å². The van der Waals surface area contributed by atoms with Gasteiger partial charge in [0.1, 0.15) is 10.6 Å². The molecule has 0 saturated carbocycles. The number of methoxy groups -OCH3 is 1. The molecule has 18 heavy (non-hydrogen) atoms. The number of rotatable bonds is 3. The van der Waals surface area contributed by atoms with E-state index in [2.05, 4.69) is 5.32 Å². The van der Waals surface area contributed by atoms with E-state index in [1.165, 1.54) is 26.3 Å². The highest BCUT2D eigenvalue weighted by Gasteiger charge is 2.22. The summed E-state index contributed by atoms with van der Waals surface area (Å²) in [6.45, 7) is 1.72. The Hall–Kier alpha value is -1.96. The molecule has 0 fully saturated rings. The molecule has 0 radical (unpaired) electrons. The highest BCUT2D eigenvalue weighted by atomic mass is 32.2. The van der Waals surface area contributed by atoms with Gasteiger partial charge in [0, 0.05) is 12.7 Å². The van der Waals surface area contributed by atoms with Crippen molar-refractivity contribution in [3.63, 3.8) is 0 Å². The fraction of sp³-hybridized carbons (Fsp3) is 0.300. The summed E-state index contributed by atoms with van der Waals surface area (Å²) >= 11 is 0. The van der Waals surface area contributed by atoms with Gasteiger partial charge in [0.25, 0.3) is 10.0 Å². The van der Waals surface area contributed by atoms with E-state index in [-0.39, 0.29) is 10.6 Å². The molecule has 0 aliphatic rings. The van der Waals surface area contributed by atoms with E-state index in [9.17, 15) is 13.2 Å². The van der Waals surface area contributed by atoms with E-state index in [1.54, 1.807) is 6.92 Å². The smallest absolute Gasteiger partial charge is 0.328 e. The molecule has 0 unspecified atom stereocenters. The van der Waals surface area contributed by atoms with Gasteiger partial charge in [-0.25, -0.2) is 17.9 Å². The molecule has 1 aromatic rings. The number of amides is 2. The Kier molecular flexibility index (Phi) is 4.02. The largest absolute Gasteiger partial charge is 0.495 e. The summed E-state index contributed by atoms with van der Waals surface area (Å²) in [6, 6.07) is 1.91. The molecule has 1 aromatic carbocycles. The molecule has 0 heterocycles. The molecule has 0 aliphatic carbocycles. The van der Waals surface area contributed by atoms with Crippen LogP contribution in [0.1, 0.15) is 5.56 Å². The Morgan fingerprint density at radius 2 is 2.00 bits per heavy atom. The Morgan fingerprint density at radius 3 is 2.50 bits per heavy atom. The lowest BCUT2D eigenvalue weighted by molar-refractivity contribution is 0.247. The molecule has 100 valence electrons. The SMILES string of the molecule is CNC(=O)NS(=O)(=O)c1cc(N)c(C)cc1OC. The second kappa shape index (κ2) is 5.13. The summed E-state index contributed by atoms with van der Waals surface area (Å²) < 4.78 is 30.7. The van der Waals surface area contributed by atoms with Gasteiger partial charge in [-0.05, 0) is 24.6 Å². The highest BCUT2D eigenvalue weighted by molar-refractivity contribution is 7.90. The van der Waals surface area contributed by atoms with Gasteiger partial charge < -0.3 is 15.8 Å². The Morgan fingerprint density at radius 1 is 1.39 bits per heavy atom. The fourth-order valence-corrected chi connectivity index (χ4v) is 2.42. The number of benzene rings is 1. The lowest BCUT2D eigenvalue weighted by Crippen LogP contribution is -2.37. The van der Waals surface area contributed by atoms with E-state index in [1.807, 2.05) is 4.72 Å². The number of carbonyl (C=O) groups excluding carboxylic acids is 1. The number of carbonyl (C=O) groups is 1. The average Bonchev–Trinajstić information content (AvgIpc) is 2.31. The quantitative estimate of drug-likeness (QED) is 0.681. The fourth-order valence-electron chi connectivity index (χ4n) is 1.27. The summed E-state index contributed by atoms with van der Waals surface area (Å²) in [6.07, 6.45) is 0. The molecule has 0 bridgehead atoms. The Bertz CT molecular complexity index is 569. The minimum absolute atomic E-state index is 0.123. The molecular weight excluding hydrogens is 258 g/mol. The first-order valence-electron chi connectivity index (χ1n) is 5.00. The van der Waals surface area contributed by atoms with Gasteiger partial charge in [0.05, 0.1) is 7.11 Å². The van der Waals surface area contributed by atoms with Crippen LogP contribution in [0.25, 0.3) is 0 Å². The summed E-state index contributed by atoms with van der Waals surface area (Å²) in [4.78, 5) is 10.9. The van der Waals surface area contributed by atoms with Crippen LogP contribution in [-0.4, -0.2) is 28.6 Å². The van der Waals surface area contributed by atoms with Crippen LogP contribution in [0.4, 0.5) is 10.5 Å². The van der Waals surface area contributed by atoms with E-state index in [0.717, 1.165) is 0 Å². The van der Waals surface area contributed by atoms with E-state index in [0.29, 0.717) is 11.3 Å². The predicted octanol–water partition coefficient (Wildman–Crippen LogP) is 0.204. The van der Waals surface area contributed by atoms with Crippen molar-refractivity contribution in [1.29, 1.82) is 0 Å². The number of anilines is 1. The van der Waals surface area contributed by atoms with E-state index >= 15 is 0 Å². The van der Waals surface area contributed by atoms with E-state index < -0.39 is 16.1 Å². The number of aryl methyl sites for hydroxylation is 1. The first-order valence-corrected chi connectivity index (χ1v) is 6.48. The monoisotopic (exact) mass is 273 g/mol. The van der Waals surface area contributed by atoms with Crippen LogP contribution in [0.15, 0.2) is 17.0 Å². The second-order valence-electron chi connectivity index (χ2n) is 3.54. The molecule has 0 atom stereocenters. The third kappa shape index (κ3) is 2.83. The maximum absolute atomic E-state index is 11.9. The molecule has 0 spiro atoms. The van der Waals surface area contributed by atoms with Crippen LogP contribution >= 0.6 is 0 Å². The van der Waals surface area contributed by atoms with Gasteiger partial charge in [0.15, 0.2) is 0 Å². The highest BCUT2D eigenvalue weighted by Crippen LogP contribution is 2.28. The molecule has 0 saturated heterocycles. The first-order chi connectivity index (χ1) is 8.31. The lowest BCUT2D eigenvalue weighted by Gasteiger charge is -2.12. The topological polar surface area (TPSA) is 111 Å². The molecule has 8 heteroatoms. The summed E-state index contributed by atoms with van der Waals surface area (Å²) in [5, 5.41) is 2.15. The van der Waals surface area contributed by atoms with Gasteiger partial charge in [-0.15, -0.1) is 0 Å². The van der Waals surface area contributed by atoms with Crippen molar-refractivity contribution in [3.05, 3.63) is 17.7 Å². The number of hydrogen-bond acceptors (Lipinski definition) is 5. The van der Waals surface area contributed by atoms with Crippen molar-refractivity contribution >= 4 is 21.7 Å². The summed E-state index contributed by atoms with van der Waals surface area (Å²) in [5.41, 5.74) is 6.64. The van der Waals surface area contributed by atoms with Gasteiger partial charge in [-0.1, -0.05) is 0 Å². The van der Waals surface area contributed by atoms with Crippen molar-refractivity contribution in [2.75, 3.05) is 19.9 Å². The molecule has 0 aliphatic heterocycles. The first kappa shape index (κ1) is 14.1. The number of hydrogen-bond donors (Lipinski definition) is 3. The molecule has 7 nitrogen and oxygen atoms in total. The van der Waals surface area contributed by atoms with Gasteiger partial charge >= 0.3 is 6.03 Å². The molecule has 1 rings (SSSR count). The van der Waals surface area contributed by atoms with Gasteiger partial charge in [0.2, 0.25) is 0 Å². The Balaban J connectivity index is 3.31. The zero-order valence-corrected chi connectivity index (χ0v) is 11.1. The zero-order valence-electron chi connectivity index (χ0n) is 10.3. The molecule has 4 N–H and O–H groups in total. The van der Waals surface area contributed by atoms with Crippen LogP contribution in [0.5, 0.6) is 5.75 Å². The normalized spacial score (nSPS) is 10.8. The Labute approximate surface area is 105 Å². The number of urea groups is 1. The van der Waals surface area contributed by atoms with Crippen LogP contribution < -0.4 is 20.5 Å². The maximum Gasteiger partial charge on any atom is 0.328 e. The lowest BCUT2D eigenvalue weighted by atomic mass is 10.2. The van der Waals surface area contributed by atoms with Gasteiger partial charge in [-0.2, -0.15) is 0 Å². The van der Waals surface area contributed by atoms with E-state index in [4.69, 9.17) is 10.5 Å². The van der Waals surface area contributed by atoms with Crippen molar-refractivity contribution in [1.82, 2.24) is 10.0 Å². The minimum Gasteiger partial charge on any atom is -0.495 e. The maximum atomic E-state index is 11.9. The molecular formula is C10H15N3O4S. The number of sulfonamides is 1. The van der Waals surface area contributed by atoms with Crippen molar-refractivity contribution in [3.8, 4) is 5.75 Å². The van der Waals surface area contributed by atoms with Crippen molar-refractivity contribution in [2.24, 2.45) is 0 Å². The number of ether oxygens (including phenoxy) is 1. The minimum atomic E-state index is -4.02. The van der Waals surface area contributed by atoms with Crippen molar-refractivity contribution < 1.29 is 17.9 Å². The van der Waals surface area contributed by atoms with Crippen LogP contribution in [0.2, 0.25) is 0 Å². The summed E-state index contributed by atoms with van der Waals surface area (Å²) in [7, 11) is -1.37. The van der Waals surface area contributed by atoms with Crippen LogP contribution in [-0.2, 0) is 10.0 Å². The van der Waals surface area contributed by atoms with Gasteiger partial charge in [-0.3, -0.25) is 0 Å². The number of nitrogens with two attached hydrogens (primary N) is 1. The predicted molar refractivity (Wildman–Crippen MR) is 66.9 cm³/mol. The van der Waals surface area contributed by atoms with Crippen molar-refractivity contribution in [2.45, 2.75) is 11.8 Å². The zero-order chi connectivity index (χ0) is 13.9. The second-order valence-corrected chi connectivity index (χ2v) is 5.20. The molecule has 0 aromatic heterocycles. The third-order valence-corrected chi connectivity index (χ3v) is 3.65. The third-order valence-electron chi connectivity index (χ3n) is 2.30. The van der Waals surface area contributed by atoms with Crippen LogP contribution in [0, 0.1) is 6.92 Å². The number of nitrogens with one attached hydrogen (secondary N) is 2. The average molecular weight is 273 g/mol. The number of nitrogen functional groups attached to an aromatic ring is 1. The molecule has 2 amide bonds.